The highest BCUT2D eigenvalue weighted by Gasteiger charge is 2.29. The minimum Gasteiger partial charge on any atom is -0.349 e. The first-order valence-electron chi connectivity index (χ1n) is 7.30. The number of halogens is 3. The molecule has 1 aliphatic carbocycles. The molecular weight excluding hydrogens is 313 g/mol. The van der Waals surface area contributed by atoms with Crippen molar-refractivity contribution in [3.63, 3.8) is 0 Å². The highest BCUT2D eigenvalue weighted by Crippen LogP contribution is 2.28. The summed E-state index contributed by atoms with van der Waals surface area (Å²) in [6.07, 6.45) is 1.17. The molecule has 1 fully saturated rings. The number of alkyl halides is 3. The molecule has 0 spiro atoms. The molecule has 0 saturated heterocycles. The Bertz CT molecular complexity index is 522. The Balaban J connectivity index is 2.02. The molecule has 1 aromatic heterocycles. The highest BCUT2D eigenvalue weighted by atomic mass is 32.2. The van der Waals surface area contributed by atoms with Crippen LogP contribution in [0.4, 0.5) is 13.2 Å². The number of hydrogen-bond donors (Lipinski definition) is 1. The summed E-state index contributed by atoms with van der Waals surface area (Å²) in [6, 6.07) is 3.18. The molecule has 0 unspecified atom stereocenters. The Morgan fingerprint density at radius 3 is 2.91 bits per heavy atom. The molecule has 2 atom stereocenters. The van der Waals surface area contributed by atoms with Gasteiger partial charge in [-0.3, -0.25) is 4.79 Å². The minimum atomic E-state index is -4.28. The maximum atomic E-state index is 12.3. The summed E-state index contributed by atoms with van der Waals surface area (Å²) >= 11 is 0.548. The molecule has 0 aromatic carbocycles. The fourth-order valence-corrected chi connectivity index (χ4v) is 3.41. The lowest BCUT2D eigenvalue weighted by molar-refractivity contribution is -0.105. The van der Waals surface area contributed by atoms with Gasteiger partial charge in [0.25, 0.3) is 5.91 Å². The minimum absolute atomic E-state index is 0.0944. The zero-order valence-corrected chi connectivity index (χ0v) is 13.1. The molecule has 7 heteroatoms. The van der Waals surface area contributed by atoms with E-state index in [1.54, 1.807) is 6.07 Å². The Morgan fingerprint density at radius 1 is 1.45 bits per heavy atom. The van der Waals surface area contributed by atoms with Gasteiger partial charge in [0.1, 0.15) is 5.03 Å². The number of hydrogen-bond acceptors (Lipinski definition) is 3. The second-order valence-electron chi connectivity index (χ2n) is 5.70. The number of pyridine rings is 1. The largest absolute Gasteiger partial charge is 0.398 e. The van der Waals surface area contributed by atoms with Crippen LogP contribution in [0.2, 0.25) is 0 Å². The van der Waals surface area contributed by atoms with Crippen molar-refractivity contribution in [2.75, 3.05) is 5.75 Å². The third-order valence-corrected chi connectivity index (χ3v) is 4.73. The first-order valence-corrected chi connectivity index (χ1v) is 8.29. The van der Waals surface area contributed by atoms with Gasteiger partial charge in [-0.2, -0.15) is 13.2 Å². The number of amides is 1. The van der Waals surface area contributed by atoms with Crippen molar-refractivity contribution in [3.05, 3.63) is 23.9 Å². The lowest BCUT2D eigenvalue weighted by atomic mass is 9.87. The fraction of sp³-hybridized carbons (Fsp3) is 0.600. The third-order valence-electron chi connectivity index (χ3n) is 3.66. The van der Waals surface area contributed by atoms with Gasteiger partial charge in [-0.25, -0.2) is 4.98 Å². The van der Waals surface area contributed by atoms with Crippen molar-refractivity contribution in [2.45, 2.75) is 49.9 Å². The molecule has 2 rings (SSSR count). The molecule has 0 bridgehead atoms. The van der Waals surface area contributed by atoms with Crippen molar-refractivity contribution in [3.8, 4) is 0 Å². The van der Waals surface area contributed by atoms with Crippen LogP contribution in [-0.2, 0) is 0 Å². The molecule has 1 saturated carbocycles. The fourth-order valence-electron chi connectivity index (χ4n) is 2.66. The second kappa shape index (κ2) is 7.35. The van der Waals surface area contributed by atoms with Gasteiger partial charge >= 0.3 is 6.18 Å². The van der Waals surface area contributed by atoms with E-state index in [1.807, 2.05) is 0 Å². The average molecular weight is 332 g/mol. The molecule has 0 aliphatic heterocycles. The van der Waals surface area contributed by atoms with Gasteiger partial charge < -0.3 is 5.32 Å². The maximum Gasteiger partial charge on any atom is 0.398 e. The van der Waals surface area contributed by atoms with Crippen molar-refractivity contribution in [1.82, 2.24) is 10.3 Å². The van der Waals surface area contributed by atoms with Gasteiger partial charge in [0.2, 0.25) is 0 Å². The second-order valence-corrected chi connectivity index (χ2v) is 6.67. The van der Waals surface area contributed by atoms with Crippen LogP contribution < -0.4 is 5.32 Å². The normalized spacial score (nSPS) is 22.4. The standard InChI is InChI=1S/C15H19F3N2OS/c1-10-4-2-5-11(8-10)20-13(21)12-6-3-7-19-14(12)22-9-15(16,17)18/h3,6-7,10-11H,2,4-5,8-9H2,1H3,(H,20,21)/t10-,11+/m1/s1. The van der Waals surface area contributed by atoms with Crippen molar-refractivity contribution in [2.24, 2.45) is 5.92 Å². The molecule has 1 aliphatic rings. The summed E-state index contributed by atoms with van der Waals surface area (Å²) in [5.41, 5.74) is 0.218. The monoisotopic (exact) mass is 332 g/mol. The number of nitrogens with one attached hydrogen (secondary N) is 1. The lowest BCUT2D eigenvalue weighted by Crippen LogP contribution is -2.38. The molecular formula is C15H19F3N2OS. The van der Waals surface area contributed by atoms with Crippen LogP contribution in [0.5, 0.6) is 0 Å². The highest BCUT2D eigenvalue weighted by molar-refractivity contribution is 7.99. The topological polar surface area (TPSA) is 42.0 Å². The summed E-state index contributed by atoms with van der Waals surface area (Å²) in [4.78, 5) is 16.2. The number of nitrogens with zero attached hydrogens (tertiary/aromatic N) is 1. The summed E-state index contributed by atoms with van der Waals surface area (Å²) in [5, 5.41) is 3.06. The zero-order valence-electron chi connectivity index (χ0n) is 12.3. The first kappa shape index (κ1) is 17.1. The van der Waals surface area contributed by atoms with Gasteiger partial charge in [0.15, 0.2) is 0 Å². The molecule has 1 aromatic rings. The van der Waals surface area contributed by atoms with Gasteiger partial charge in [-0.05, 0) is 30.9 Å². The van der Waals surface area contributed by atoms with Crippen molar-refractivity contribution >= 4 is 17.7 Å². The van der Waals surface area contributed by atoms with E-state index in [2.05, 4.69) is 17.2 Å². The van der Waals surface area contributed by atoms with E-state index in [1.165, 1.54) is 12.3 Å². The number of thioether (sulfide) groups is 1. The van der Waals surface area contributed by atoms with Gasteiger partial charge in [-0.1, -0.05) is 31.5 Å². The van der Waals surface area contributed by atoms with Crippen LogP contribution in [0.3, 0.4) is 0 Å². The predicted molar refractivity (Wildman–Crippen MR) is 79.9 cm³/mol. The van der Waals surface area contributed by atoms with E-state index in [0.717, 1.165) is 25.7 Å². The Labute approximate surface area is 132 Å². The van der Waals surface area contributed by atoms with Crippen molar-refractivity contribution in [1.29, 1.82) is 0 Å². The van der Waals surface area contributed by atoms with Crippen LogP contribution in [-0.4, -0.2) is 28.9 Å². The van der Waals surface area contributed by atoms with E-state index in [-0.39, 0.29) is 22.5 Å². The number of aromatic nitrogens is 1. The summed E-state index contributed by atoms with van der Waals surface area (Å²) in [7, 11) is 0. The van der Waals surface area contributed by atoms with Gasteiger partial charge in [0.05, 0.1) is 11.3 Å². The predicted octanol–water partition coefficient (Wildman–Crippen LogP) is 4.04. The number of carbonyl (C=O) groups is 1. The van der Waals surface area contributed by atoms with Crippen LogP contribution in [0.15, 0.2) is 23.4 Å². The smallest absolute Gasteiger partial charge is 0.349 e. The molecule has 22 heavy (non-hydrogen) atoms. The van der Waals surface area contributed by atoms with Crippen molar-refractivity contribution < 1.29 is 18.0 Å². The molecule has 122 valence electrons. The maximum absolute atomic E-state index is 12.3. The van der Waals surface area contributed by atoms with Crippen LogP contribution >= 0.6 is 11.8 Å². The molecule has 1 heterocycles. The van der Waals surface area contributed by atoms with E-state index < -0.39 is 11.9 Å². The van der Waals surface area contributed by atoms with Crippen LogP contribution in [0.1, 0.15) is 43.0 Å². The van der Waals surface area contributed by atoms with E-state index >= 15 is 0 Å². The first-order chi connectivity index (χ1) is 10.3. The Hall–Kier alpha value is -1.24. The zero-order chi connectivity index (χ0) is 16.2. The quantitative estimate of drug-likeness (QED) is 0.846. The SMILES string of the molecule is C[C@@H]1CCC[C@H](NC(=O)c2cccnc2SCC(F)(F)F)C1. The molecule has 1 N–H and O–H groups in total. The van der Waals surface area contributed by atoms with E-state index in [4.69, 9.17) is 0 Å². The molecule has 0 radical (unpaired) electrons. The Morgan fingerprint density at radius 2 is 2.23 bits per heavy atom. The third kappa shape index (κ3) is 5.19. The summed E-state index contributed by atoms with van der Waals surface area (Å²) in [5.74, 6) is -0.825. The van der Waals surface area contributed by atoms with Gasteiger partial charge in [0, 0.05) is 12.2 Å². The lowest BCUT2D eigenvalue weighted by Gasteiger charge is -2.27. The van der Waals surface area contributed by atoms with E-state index in [9.17, 15) is 18.0 Å². The van der Waals surface area contributed by atoms with Crippen LogP contribution in [0.25, 0.3) is 0 Å². The average Bonchev–Trinajstić information content (AvgIpc) is 2.44. The summed E-state index contributed by atoms with van der Waals surface area (Å²) < 4.78 is 37.0. The van der Waals surface area contributed by atoms with E-state index in [0.29, 0.717) is 17.7 Å². The van der Waals surface area contributed by atoms with Gasteiger partial charge in [-0.15, -0.1) is 0 Å². The number of rotatable bonds is 4. The molecule has 3 nitrogen and oxygen atoms in total. The number of carbonyl (C=O) groups excluding carboxylic acids is 1. The summed E-state index contributed by atoms with van der Waals surface area (Å²) in [6.45, 7) is 2.15. The Kier molecular flexibility index (Phi) is 5.72. The molecule has 1 amide bonds. The van der Waals surface area contributed by atoms with Crippen LogP contribution in [0, 0.1) is 5.92 Å².